The van der Waals surface area contributed by atoms with E-state index >= 15 is 0 Å². The number of benzene rings is 1. The van der Waals surface area contributed by atoms with Crippen LogP contribution < -0.4 is 19.7 Å². The van der Waals surface area contributed by atoms with Gasteiger partial charge in [0.2, 0.25) is 0 Å². The van der Waals surface area contributed by atoms with Gasteiger partial charge in [-0.05, 0) is 30.9 Å². The molecule has 0 atom stereocenters. The van der Waals surface area contributed by atoms with E-state index in [1.54, 1.807) is 12.1 Å². The van der Waals surface area contributed by atoms with Crippen LogP contribution in [-0.4, -0.2) is 59.0 Å². The van der Waals surface area contributed by atoms with E-state index in [2.05, 4.69) is 24.8 Å². The second-order valence-corrected chi connectivity index (χ2v) is 7.31. The predicted octanol–water partition coefficient (Wildman–Crippen LogP) is 3.37. The molecule has 0 saturated carbocycles. The van der Waals surface area contributed by atoms with Crippen LogP contribution in [0.15, 0.2) is 30.6 Å². The second-order valence-electron chi connectivity index (χ2n) is 7.31. The molecule has 160 valence electrons. The minimum absolute atomic E-state index is 0.0254. The third-order valence-corrected chi connectivity index (χ3v) is 5.13. The Kier molecular flexibility index (Phi) is 5.18. The van der Waals surface area contributed by atoms with Gasteiger partial charge in [0.25, 0.3) is 0 Å². The fourth-order valence-electron chi connectivity index (χ4n) is 3.59. The Morgan fingerprint density at radius 2 is 2.00 bits per heavy atom. The zero-order valence-electron chi connectivity index (χ0n) is 16.2. The van der Waals surface area contributed by atoms with Crippen molar-refractivity contribution in [3.63, 3.8) is 0 Å². The molecule has 1 aromatic carbocycles. The molecule has 0 bridgehead atoms. The fourth-order valence-corrected chi connectivity index (χ4v) is 3.59. The average Bonchev–Trinajstić information content (AvgIpc) is 3.01. The molecule has 0 unspecified atom stereocenters. The maximum atomic E-state index is 13.2. The standard InChI is InChI=1S/C19H21F2N5O4/c1-25(10-12-4-6-26(7-5-12)18(27)28)17-9-16(22-11-23-17)24-13-2-3-14-15(8-13)30-19(20,21)29-14/h2-3,8-9,11-12H,4-7,10H2,1H3,(H,27,28)(H,22,23,24). The first-order valence-electron chi connectivity index (χ1n) is 9.47. The highest BCUT2D eigenvalue weighted by Crippen LogP contribution is 2.42. The number of nitrogens with zero attached hydrogens (tertiary/aromatic N) is 4. The number of hydrogen-bond donors (Lipinski definition) is 2. The number of amides is 1. The van der Waals surface area contributed by atoms with Crippen molar-refractivity contribution in [3.05, 3.63) is 30.6 Å². The number of hydrogen-bond acceptors (Lipinski definition) is 7. The van der Waals surface area contributed by atoms with E-state index in [1.807, 2.05) is 11.9 Å². The van der Waals surface area contributed by atoms with E-state index in [0.717, 1.165) is 19.4 Å². The van der Waals surface area contributed by atoms with Crippen LogP contribution in [0.2, 0.25) is 0 Å². The summed E-state index contributed by atoms with van der Waals surface area (Å²) in [7, 11) is 1.92. The van der Waals surface area contributed by atoms with Gasteiger partial charge in [0, 0.05) is 44.5 Å². The Bertz CT molecular complexity index is 937. The predicted molar refractivity (Wildman–Crippen MR) is 104 cm³/mol. The van der Waals surface area contributed by atoms with Crippen molar-refractivity contribution in [2.24, 2.45) is 5.92 Å². The summed E-state index contributed by atoms with van der Waals surface area (Å²) in [5.41, 5.74) is 0.517. The molecule has 1 saturated heterocycles. The van der Waals surface area contributed by atoms with E-state index in [1.165, 1.54) is 23.4 Å². The van der Waals surface area contributed by atoms with Crippen molar-refractivity contribution in [3.8, 4) is 11.5 Å². The number of halogens is 2. The van der Waals surface area contributed by atoms with E-state index in [0.29, 0.717) is 36.3 Å². The number of piperidine rings is 1. The second kappa shape index (κ2) is 7.81. The largest absolute Gasteiger partial charge is 0.586 e. The lowest BCUT2D eigenvalue weighted by molar-refractivity contribution is -0.286. The van der Waals surface area contributed by atoms with Gasteiger partial charge in [0.15, 0.2) is 11.5 Å². The van der Waals surface area contributed by atoms with Crippen molar-refractivity contribution >= 4 is 23.4 Å². The summed E-state index contributed by atoms with van der Waals surface area (Å²) in [6, 6.07) is 6.16. The molecule has 1 amide bonds. The minimum atomic E-state index is -3.66. The van der Waals surface area contributed by atoms with Gasteiger partial charge in [0.05, 0.1) is 0 Å². The van der Waals surface area contributed by atoms with Gasteiger partial charge in [0.1, 0.15) is 18.0 Å². The monoisotopic (exact) mass is 421 g/mol. The highest BCUT2D eigenvalue weighted by molar-refractivity contribution is 5.65. The normalized spacial score (nSPS) is 17.6. The number of alkyl halides is 2. The van der Waals surface area contributed by atoms with Crippen molar-refractivity contribution in [2.45, 2.75) is 19.1 Å². The summed E-state index contributed by atoms with van der Waals surface area (Å²) >= 11 is 0. The van der Waals surface area contributed by atoms with E-state index in [9.17, 15) is 13.6 Å². The van der Waals surface area contributed by atoms with Gasteiger partial charge in [-0.2, -0.15) is 0 Å². The van der Waals surface area contributed by atoms with Crippen molar-refractivity contribution in [2.75, 3.05) is 36.9 Å². The zero-order chi connectivity index (χ0) is 21.3. The topological polar surface area (TPSA) is 100 Å². The van der Waals surface area contributed by atoms with Crippen LogP contribution in [0.25, 0.3) is 0 Å². The summed E-state index contributed by atoms with van der Waals surface area (Å²) in [5.74, 6) is 1.48. The average molecular weight is 421 g/mol. The van der Waals surface area contributed by atoms with Crippen LogP contribution in [0.1, 0.15) is 12.8 Å². The van der Waals surface area contributed by atoms with Crippen molar-refractivity contribution < 1.29 is 28.2 Å². The third-order valence-electron chi connectivity index (χ3n) is 5.13. The number of carbonyl (C=O) groups is 1. The summed E-state index contributed by atoms with van der Waals surface area (Å²) < 4.78 is 35.2. The SMILES string of the molecule is CN(CC1CCN(C(=O)O)CC1)c1cc(Nc2ccc3c(c2)OC(F)(F)O3)ncn1. The van der Waals surface area contributed by atoms with Crippen LogP contribution in [0.4, 0.5) is 30.9 Å². The van der Waals surface area contributed by atoms with Gasteiger partial charge in [-0.15, -0.1) is 8.78 Å². The smallest absolute Gasteiger partial charge is 0.465 e. The summed E-state index contributed by atoms with van der Waals surface area (Å²) in [6.07, 6.45) is -1.52. The molecule has 9 nitrogen and oxygen atoms in total. The number of nitrogens with one attached hydrogen (secondary N) is 1. The highest BCUT2D eigenvalue weighted by atomic mass is 19.3. The summed E-state index contributed by atoms with van der Waals surface area (Å²) in [4.78, 5) is 22.9. The third kappa shape index (κ3) is 4.44. The quantitative estimate of drug-likeness (QED) is 0.758. The fraction of sp³-hybridized carbons (Fsp3) is 0.421. The molecule has 30 heavy (non-hydrogen) atoms. The van der Waals surface area contributed by atoms with Gasteiger partial charge in [-0.1, -0.05) is 0 Å². The lowest BCUT2D eigenvalue weighted by atomic mass is 9.96. The van der Waals surface area contributed by atoms with E-state index in [4.69, 9.17) is 5.11 Å². The van der Waals surface area contributed by atoms with Crippen LogP contribution >= 0.6 is 0 Å². The highest BCUT2D eigenvalue weighted by Gasteiger charge is 2.43. The molecule has 0 aliphatic carbocycles. The number of carboxylic acid groups (broad SMARTS) is 1. The number of anilines is 3. The van der Waals surface area contributed by atoms with Crippen LogP contribution in [0.5, 0.6) is 11.5 Å². The summed E-state index contributed by atoms with van der Waals surface area (Å²) in [5, 5.41) is 12.1. The Balaban J connectivity index is 1.38. The number of ether oxygens (including phenoxy) is 2. The molecule has 1 fully saturated rings. The molecular formula is C19H21F2N5O4. The first-order chi connectivity index (χ1) is 14.3. The van der Waals surface area contributed by atoms with Gasteiger partial charge < -0.3 is 29.7 Å². The maximum Gasteiger partial charge on any atom is 0.586 e. The number of aromatic nitrogens is 2. The lowest BCUT2D eigenvalue weighted by Crippen LogP contribution is -2.40. The molecule has 2 aliphatic heterocycles. The molecule has 0 spiro atoms. The molecule has 2 aliphatic rings. The molecular weight excluding hydrogens is 400 g/mol. The number of rotatable bonds is 5. The minimum Gasteiger partial charge on any atom is -0.465 e. The maximum absolute atomic E-state index is 13.2. The number of likely N-dealkylation sites (tertiary alicyclic amines) is 1. The van der Waals surface area contributed by atoms with Crippen LogP contribution in [0.3, 0.4) is 0 Å². The van der Waals surface area contributed by atoms with Crippen LogP contribution in [0, 0.1) is 5.92 Å². The van der Waals surface area contributed by atoms with Crippen LogP contribution in [-0.2, 0) is 0 Å². The Morgan fingerprint density at radius 3 is 2.73 bits per heavy atom. The molecule has 1 aromatic heterocycles. The van der Waals surface area contributed by atoms with Gasteiger partial charge in [-0.25, -0.2) is 14.8 Å². The van der Waals surface area contributed by atoms with Crippen molar-refractivity contribution in [1.29, 1.82) is 0 Å². The summed E-state index contributed by atoms with van der Waals surface area (Å²) in [6.45, 7) is 1.81. The Hall–Kier alpha value is -3.37. The van der Waals surface area contributed by atoms with E-state index < -0.39 is 12.4 Å². The molecule has 4 rings (SSSR count). The Labute approximate surface area is 171 Å². The van der Waals surface area contributed by atoms with E-state index in [-0.39, 0.29) is 11.5 Å². The molecule has 0 radical (unpaired) electrons. The van der Waals surface area contributed by atoms with Crippen molar-refractivity contribution in [1.82, 2.24) is 14.9 Å². The Morgan fingerprint density at radius 1 is 1.27 bits per heavy atom. The zero-order valence-corrected chi connectivity index (χ0v) is 16.2. The molecule has 11 heteroatoms. The molecule has 2 N–H and O–H groups in total. The lowest BCUT2D eigenvalue weighted by Gasteiger charge is -2.32. The molecule has 2 aromatic rings. The van der Waals surface area contributed by atoms with Gasteiger partial charge >= 0.3 is 12.4 Å². The first-order valence-corrected chi connectivity index (χ1v) is 9.47. The van der Waals surface area contributed by atoms with Gasteiger partial charge in [-0.3, -0.25) is 0 Å². The number of fused-ring (bicyclic) bond motifs is 1. The first kappa shape index (κ1) is 19.9. The molecule has 3 heterocycles.